The smallest absolute Gasteiger partial charge is 0.219 e. The maximum atomic E-state index is 12.9. The van der Waals surface area contributed by atoms with Gasteiger partial charge in [-0.15, -0.1) is 0 Å². The number of carbonyl (C=O) groups is 1. The molecule has 126 valence electrons. The number of likely N-dealkylation sites (tertiary alicyclic amines) is 1. The van der Waals surface area contributed by atoms with Crippen molar-refractivity contribution in [2.24, 2.45) is 5.92 Å². The van der Waals surface area contributed by atoms with Crippen LogP contribution in [0.1, 0.15) is 34.3 Å². The number of carbonyl (C=O) groups excluding carboxylic acids is 1. The molecule has 2 aromatic rings. The van der Waals surface area contributed by atoms with Gasteiger partial charge in [-0.3, -0.25) is 9.69 Å². The number of rotatable bonds is 4. The van der Waals surface area contributed by atoms with E-state index >= 15 is 0 Å². The van der Waals surface area contributed by atoms with Crippen LogP contribution in [0.3, 0.4) is 0 Å². The lowest BCUT2D eigenvalue weighted by molar-refractivity contribution is 0.0811. The number of benzene rings is 1. The fourth-order valence-electron chi connectivity index (χ4n) is 3.24. The molecule has 24 heavy (non-hydrogen) atoms. The Morgan fingerprint density at radius 2 is 2.12 bits per heavy atom. The summed E-state index contributed by atoms with van der Waals surface area (Å²) < 4.78 is 0. The van der Waals surface area contributed by atoms with E-state index in [2.05, 4.69) is 14.9 Å². The Hall–Kier alpha value is -1.98. The minimum Gasteiger partial charge on any atom is -0.368 e. The van der Waals surface area contributed by atoms with Gasteiger partial charge in [-0.25, -0.2) is 9.97 Å². The third-order valence-corrected chi connectivity index (χ3v) is 4.70. The number of aromatic nitrogens is 2. The number of piperidine rings is 1. The molecule has 0 saturated carbocycles. The van der Waals surface area contributed by atoms with Gasteiger partial charge in [-0.05, 0) is 50.1 Å². The van der Waals surface area contributed by atoms with Crippen LogP contribution in [-0.2, 0) is 6.54 Å². The Morgan fingerprint density at radius 1 is 1.38 bits per heavy atom. The van der Waals surface area contributed by atoms with Crippen molar-refractivity contribution in [3.63, 3.8) is 0 Å². The van der Waals surface area contributed by atoms with Gasteiger partial charge in [-0.1, -0.05) is 11.6 Å². The molecule has 1 atom stereocenters. The molecule has 3 rings (SSSR count). The lowest BCUT2D eigenvalue weighted by Crippen LogP contribution is -2.38. The molecule has 0 amide bonds. The number of anilines is 1. The summed E-state index contributed by atoms with van der Waals surface area (Å²) in [5, 5.41) is 0.665. The Bertz CT molecular complexity index is 732. The Labute approximate surface area is 146 Å². The van der Waals surface area contributed by atoms with E-state index in [0.717, 1.165) is 49.2 Å². The van der Waals surface area contributed by atoms with Gasteiger partial charge in [0.15, 0.2) is 5.78 Å². The van der Waals surface area contributed by atoms with Crippen molar-refractivity contribution in [2.45, 2.75) is 26.3 Å². The van der Waals surface area contributed by atoms with Crippen molar-refractivity contribution in [1.29, 1.82) is 0 Å². The zero-order valence-electron chi connectivity index (χ0n) is 13.7. The van der Waals surface area contributed by atoms with E-state index in [1.807, 2.05) is 19.1 Å². The number of ketones is 1. The number of halogens is 1. The first-order valence-corrected chi connectivity index (χ1v) is 8.50. The van der Waals surface area contributed by atoms with Crippen LogP contribution < -0.4 is 5.73 Å². The van der Waals surface area contributed by atoms with Crippen LogP contribution in [0, 0.1) is 12.8 Å². The predicted molar refractivity (Wildman–Crippen MR) is 95.0 cm³/mol. The molecule has 1 saturated heterocycles. The van der Waals surface area contributed by atoms with Crippen LogP contribution >= 0.6 is 11.6 Å². The van der Waals surface area contributed by atoms with E-state index in [9.17, 15) is 4.79 Å². The van der Waals surface area contributed by atoms with Crippen LogP contribution in [0.25, 0.3) is 0 Å². The quantitative estimate of drug-likeness (QED) is 0.863. The first kappa shape index (κ1) is 16.9. The molecule has 0 aliphatic carbocycles. The largest absolute Gasteiger partial charge is 0.368 e. The highest BCUT2D eigenvalue weighted by Crippen LogP contribution is 2.25. The van der Waals surface area contributed by atoms with Gasteiger partial charge >= 0.3 is 0 Å². The van der Waals surface area contributed by atoms with Gasteiger partial charge in [0.2, 0.25) is 5.95 Å². The highest BCUT2D eigenvalue weighted by Gasteiger charge is 2.27. The third-order valence-electron chi connectivity index (χ3n) is 4.46. The number of aryl methyl sites for hydroxylation is 1. The maximum Gasteiger partial charge on any atom is 0.219 e. The van der Waals surface area contributed by atoms with Gasteiger partial charge < -0.3 is 5.73 Å². The van der Waals surface area contributed by atoms with Crippen molar-refractivity contribution >= 4 is 23.3 Å². The maximum absolute atomic E-state index is 12.9. The minimum absolute atomic E-state index is 0.0216. The van der Waals surface area contributed by atoms with Gasteiger partial charge in [0, 0.05) is 47.6 Å². The Morgan fingerprint density at radius 3 is 2.83 bits per heavy atom. The number of nitrogen functional groups attached to an aromatic ring is 1. The zero-order chi connectivity index (χ0) is 17.1. The third kappa shape index (κ3) is 3.91. The van der Waals surface area contributed by atoms with Gasteiger partial charge in [0.25, 0.3) is 0 Å². The van der Waals surface area contributed by atoms with E-state index in [0.29, 0.717) is 5.02 Å². The number of hydrogen-bond acceptors (Lipinski definition) is 5. The summed E-state index contributed by atoms with van der Waals surface area (Å²) in [6.07, 6.45) is 5.43. The minimum atomic E-state index is 0.0216. The molecule has 1 aliphatic heterocycles. The molecule has 2 heterocycles. The number of hydrogen-bond donors (Lipinski definition) is 1. The summed E-state index contributed by atoms with van der Waals surface area (Å²) in [7, 11) is 0. The van der Waals surface area contributed by atoms with Crippen molar-refractivity contribution in [3.05, 3.63) is 52.3 Å². The average Bonchev–Trinajstić information content (AvgIpc) is 2.57. The summed E-state index contributed by atoms with van der Waals surface area (Å²) >= 11 is 5.99. The molecule has 5 nitrogen and oxygen atoms in total. The highest BCUT2D eigenvalue weighted by atomic mass is 35.5. The first-order chi connectivity index (χ1) is 11.5. The fraction of sp³-hybridized carbons (Fsp3) is 0.389. The van der Waals surface area contributed by atoms with Crippen molar-refractivity contribution in [2.75, 3.05) is 18.8 Å². The first-order valence-electron chi connectivity index (χ1n) is 8.12. The van der Waals surface area contributed by atoms with E-state index in [1.165, 1.54) is 0 Å². The summed E-state index contributed by atoms with van der Waals surface area (Å²) in [6, 6.07) is 5.47. The Balaban J connectivity index is 1.68. The van der Waals surface area contributed by atoms with Gasteiger partial charge in [-0.2, -0.15) is 0 Å². The molecule has 1 aromatic carbocycles. The van der Waals surface area contributed by atoms with Crippen molar-refractivity contribution in [3.8, 4) is 0 Å². The monoisotopic (exact) mass is 344 g/mol. The lowest BCUT2D eigenvalue weighted by Gasteiger charge is -2.32. The summed E-state index contributed by atoms with van der Waals surface area (Å²) in [6.45, 7) is 4.41. The van der Waals surface area contributed by atoms with E-state index in [4.69, 9.17) is 17.3 Å². The van der Waals surface area contributed by atoms with Gasteiger partial charge in [0.1, 0.15) is 0 Å². The van der Waals surface area contributed by atoms with E-state index in [1.54, 1.807) is 18.5 Å². The Kier molecular flexibility index (Phi) is 5.11. The SMILES string of the molecule is Cc1cc(Cl)ccc1C(=O)C1CCCN(Cc2cnc(N)nc2)C1. The highest BCUT2D eigenvalue weighted by molar-refractivity contribution is 6.30. The molecule has 2 N–H and O–H groups in total. The second-order valence-electron chi connectivity index (χ2n) is 6.35. The van der Waals surface area contributed by atoms with Crippen molar-refractivity contribution in [1.82, 2.24) is 14.9 Å². The predicted octanol–water partition coefficient (Wildman–Crippen LogP) is 3.12. The van der Waals surface area contributed by atoms with Crippen molar-refractivity contribution < 1.29 is 4.79 Å². The van der Waals surface area contributed by atoms with Crippen LogP contribution in [0.4, 0.5) is 5.95 Å². The second kappa shape index (κ2) is 7.28. The molecule has 6 heteroatoms. The molecule has 1 aliphatic rings. The topological polar surface area (TPSA) is 72.1 Å². The van der Waals surface area contributed by atoms with Crippen LogP contribution in [0.2, 0.25) is 5.02 Å². The summed E-state index contributed by atoms with van der Waals surface area (Å²) in [5.41, 5.74) is 8.26. The average molecular weight is 345 g/mol. The number of nitrogens with zero attached hydrogens (tertiary/aromatic N) is 3. The molecular weight excluding hydrogens is 324 g/mol. The normalized spacial score (nSPS) is 18.5. The standard InChI is InChI=1S/C18H21ClN4O/c1-12-7-15(19)4-5-16(12)17(24)14-3-2-6-23(11-14)10-13-8-21-18(20)22-9-13/h4-5,7-9,14H,2-3,6,10-11H2,1H3,(H2,20,21,22). The lowest BCUT2D eigenvalue weighted by atomic mass is 9.88. The number of nitrogens with two attached hydrogens (primary N) is 1. The zero-order valence-corrected chi connectivity index (χ0v) is 14.5. The molecule has 0 bridgehead atoms. The van der Waals surface area contributed by atoms with E-state index < -0.39 is 0 Å². The number of Topliss-reactive ketones (excluding diaryl/α,β-unsaturated/α-hetero) is 1. The summed E-state index contributed by atoms with van der Waals surface area (Å²) in [4.78, 5) is 23.2. The van der Waals surface area contributed by atoms with E-state index in [-0.39, 0.29) is 17.6 Å². The molecule has 1 aromatic heterocycles. The summed E-state index contributed by atoms with van der Waals surface area (Å²) in [5.74, 6) is 0.513. The second-order valence-corrected chi connectivity index (χ2v) is 6.78. The van der Waals surface area contributed by atoms with Gasteiger partial charge in [0.05, 0.1) is 0 Å². The molecule has 1 fully saturated rings. The molecule has 1 unspecified atom stereocenters. The molecular formula is C18H21ClN4O. The van der Waals surface area contributed by atoms with Crippen LogP contribution in [-0.4, -0.2) is 33.7 Å². The van der Waals surface area contributed by atoms with Crippen LogP contribution in [0.15, 0.2) is 30.6 Å². The molecule has 0 spiro atoms. The van der Waals surface area contributed by atoms with Crippen LogP contribution in [0.5, 0.6) is 0 Å². The fourth-order valence-corrected chi connectivity index (χ4v) is 3.47. The molecule has 0 radical (unpaired) electrons.